The topological polar surface area (TPSA) is 139 Å². The number of nitrogens with one attached hydrogen (secondary N) is 2. The number of hydrogen-bond acceptors (Lipinski definition) is 8. The van der Waals surface area contributed by atoms with Gasteiger partial charge in [-0.15, -0.1) is 0 Å². The summed E-state index contributed by atoms with van der Waals surface area (Å²) in [6.45, 7) is 0. The number of H-pyrrole nitrogens is 1. The van der Waals surface area contributed by atoms with Crippen molar-refractivity contribution in [2.24, 2.45) is 5.10 Å². The van der Waals surface area contributed by atoms with E-state index in [0.29, 0.717) is 21.2 Å². The van der Waals surface area contributed by atoms with Crippen molar-refractivity contribution in [1.29, 1.82) is 0 Å². The Kier molecular flexibility index (Phi) is 5.29. The zero-order valence-corrected chi connectivity index (χ0v) is 17.6. The molecule has 0 aliphatic carbocycles. The van der Waals surface area contributed by atoms with Crippen molar-refractivity contribution in [3.8, 4) is 0 Å². The van der Waals surface area contributed by atoms with Crippen LogP contribution in [0, 0.1) is 10.1 Å². The normalized spacial score (nSPS) is 11.4. The molecule has 0 atom stereocenters. The molecule has 0 saturated carbocycles. The number of rotatable bonds is 6. The van der Waals surface area contributed by atoms with Gasteiger partial charge in [0.05, 0.1) is 16.0 Å². The summed E-state index contributed by atoms with van der Waals surface area (Å²) in [5.41, 5.74) is 3.32. The highest BCUT2D eigenvalue weighted by Gasteiger charge is 2.17. The Labute approximate surface area is 189 Å². The van der Waals surface area contributed by atoms with Gasteiger partial charge in [0.2, 0.25) is 0 Å². The van der Waals surface area contributed by atoms with Crippen molar-refractivity contribution >= 4 is 51.3 Å². The van der Waals surface area contributed by atoms with Crippen LogP contribution in [0.5, 0.6) is 0 Å². The van der Waals surface area contributed by atoms with Crippen LogP contribution < -0.4 is 5.43 Å². The van der Waals surface area contributed by atoms with Gasteiger partial charge in [0, 0.05) is 17.0 Å². The molecule has 11 heteroatoms. The molecule has 10 nitrogen and oxygen atoms in total. The first kappa shape index (κ1) is 20.4. The number of carbonyl (C=O) groups is 1. The predicted octanol–water partition coefficient (Wildman–Crippen LogP) is 4.53. The second kappa shape index (κ2) is 8.55. The second-order valence-corrected chi connectivity index (χ2v) is 7.92. The molecule has 33 heavy (non-hydrogen) atoms. The van der Waals surface area contributed by atoms with Gasteiger partial charge in [-0.2, -0.15) is 10.2 Å². The van der Waals surface area contributed by atoms with Gasteiger partial charge in [-0.05, 0) is 40.7 Å². The van der Waals surface area contributed by atoms with Gasteiger partial charge in [-0.25, -0.2) is 10.4 Å². The number of amides is 1. The van der Waals surface area contributed by atoms with Gasteiger partial charge < -0.3 is 4.42 Å². The van der Waals surface area contributed by atoms with Crippen LogP contribution in [0.3, 0.4) is 0 Å². The number of carbonyl (C=O) groups excluding carboxylic acids is 1. The molecule has 2 N–H and O–H groups in total. The van der Waals surface area contributed by atoms with Crippen molar-refractivity contribution in [1.82, 2.24) is 20.6 Å². The third kappa shape index (κ3) is 4.16. The van der Waals surface area contributed by atoms with Crippen molar-refractivity contribution in [2.75, 3.05) is 0 Å². The smallest absolute Gasteiger partial charge is 0.307 e. The molecule has 0 saturated heterocycles. The van der Waals surface area contributed by atoms with Gasteiger partial charge in [-0.3, -0.25) is 20.0 Å². The van der Waals surface area contributed by atoms with Crippen LogP contribution in [0.25, 0.3) is 21.7 Å². The van der Waals surface area contributed by atoms with Crippen molar-refractivity contribution in [2.45, 2.75) is 10.1 Å². The van der Waals surface area contributed by atoms with E-state index in [1.54, 1.807) is 18.2 Å². The van der Waals surface area contributed by atoms with Crippen LogP contribution in [-0.2, 0) is 0 Å². The Morgan fingerprint density at radius 3 is 2.85 bits per heavy atom. The number of fused-ring (bicyclic) bond motifs is 3. The number of hydrazone groups is 1. The highest BCUT2D eigenvalue weighted by atomic mass is 32.2. The fraction of sp³-hybridized carbons (Fsp3) is 0. The van der Waals surface area contributed by atoms with Gasteiger partial charge in [0.15, 0.2) is 10.9 Å². The molecule has 0 spiro atoms. The molecule has 0 aliphatic heterocycles. The van der Waals surface area contributed by atoms with Crippen LogP contribution >= 0.6 is 11.8 Å². The lowest BCUT2D eigenvalue weighted by molar-refractivity contribution is -0.387. The quantitative estimate of drug-likeness (QED) is 0.216. The number of aromatic nitrogens is 3. The maximum absolute atomic E-state index is 12.5. The summed E-state index contributed by atoms with van der Waals surface area (Å²) in [5, 5.41) is 25.0. The minimum absolute atomic E-state index is 0.114. The SMILES string of the molecule is O=C(N/N=C\c1ccc(Sc2ncn[nH]2)c([N+](=O)[O-])c1)c1cc2c(ccc3ccccc32)o1. The van der Waals surface area contributed by atoms with E-state index in [2.05, 4.69) is 25.7 Å². The van der Waals surface area contributed by atoms with Gasteiger partial charge in [0.25, 0.3) is 5.69 Å². The molecular weight excluding hydrogens is 444 g/mol. The first-order valence-corrected chi connectivity index (χ1v) is 10.5. The Morgan fingerprint density at radius 2 is 2.03 bits per heavy atom. The molecule has 2 heterocycles. The average molecular weight is 458 g/mol. The number of nitro groups is 1. The lowest BCUT2D eigenvalue weighted by Gasteiger charge is -2.02. The standard InChI is InChI=1S/C22H14N6O4S/c29-21(19-10-16-15-4-2-1-3-14(15)6-7-18(16)32-19)26-24-11-13-5-8-20(17(9-13)28(30)31)33-22-23-12-25-27-22/h1-12H,(H,26,29)(H,23,25,27)/b24-11-. The van der Waals surface area contributed by atoms with Crippen molar-refractivity contribution in [3.63, 3.8) is 0 Å². The Morgan fingerprint density at radius 1 is 1.15 bits per heavy atom. The average Bonchev–Trinajstić information content (AvgIpc) is 3.49. The molecule has 2 aromatic heterocycles. The summed E-state index contributed by atoms with van der Waals surface area (Å²) >= 11 is 1.09. The largest absolute Gasteiger partial charge is 0.451 e. The maximum Gasteiger partial charge on any atom is 0.307 e. The van der Waals surface area contributed by atoms with E-state index in [1.165, 1.54) is 18.6 Å². The van der Waals surface area contributed by atoms with Crippen LogP contribution in [0.4, 0.5) is 5.69 Å². The minimum Gasteiger partial charge on any atom is -0.451 e. The lowest BCUT2D eigenvalue weighted by atomic mass is 10.1. The molecule has 1 amide bonds. The third-order valence-corrected chi connectivity index (χ3v) is 5.76. The number of nitro benzene ring substituents is 1. The summed E-state index contributed by atoms with van der Waals surface area (Å²) < 4.78 is 5.66. The van der Waals surface area contributed by atoms with Crippen molar-refractivity contribution in [3.05, 3.63) is 88.4 Å². The Bertz CT molecular complexity index is 1530. The monoisotopic (exact) mass is 458 g/mol. The summed E-state index contributed by atoms with van der Waals surface area (Å²) in [6.07, 6.45) is 2.65. The van der Waals surface area contributed by atoms with Crippen molar-refractivity contribution < 1.29 is 14.1 Å². The molecular formula is C22H14N6O4S. The van der Waals surface area contributed by atoms with Gasteiger partial charge in [0.1, 0.15) is 11.9 Å². The number of hydrogen-bond donors (Lipinski definition) is 2. The first-order chi connectivity index (χ1) is 16.1. The molecule has 162 valence electrons. The Balaban J connectivity index is 1.33. The van der Waals surface area contributed by atoms with Crippen LogP contribution in [0.15, 0.2) is 86.6 Å². The molecule has 0 radical (unpaired) electrons. The van der Waals surface area contributed by atoms with Gasteiger partial charge >= 0.3 is 5.91 Å². The molecule has 5 aromatic rings. The molecule has 5 rings (SSSR count). The highest BCUT2D eigenvalue weighted by molar-refractivity contribution is 7.99. The fourth-order valence-electron chi connectivity index (χ4n) is 3.32. The van der Waals surface area contributed by atoms with E-state index in [0.717, 1.165) is 27.9 Å². The molecule has 0 aliphatic rings. The summed E-state index contributed by atoms with van der Waals surface area (Å²) in [4.78, 5) is 27.8. The highest BCUT2D eigenvalue weighted by Crippen LogP contribution is 2.33. The summed E-state index contributed by atoms with van der Waals surface area (Å²) in [6, 6.07) is 17.8. The second-order valence-electron chi connectivity index (χ2n) is 6.89. The summed E-state index contributed by atoms with van der Waals surface area (Å²) in [5.74, 6) is -0.415. The Hall–Kier alpha value is -4.51. The van der Waals surface area contributed by atoms with E-state index in [9.17, 15) is 14.9 Å². The maximum atomic E-state index is 12.5. The number of nitrogens with zero attached hydrogens (tertiary/aromatic N) is 4. The van der Waals surface area contributed by atoms with E-state index in [1.807, 2.05) is 36.4 Å². The number of aromatic amines is 1. The summed E-state index contributed by atoms with van der Waals surface area (Å²) in [7, 11) is 0. The third-order valence-electron chi connectivity index (χ3n) is 4.81. The predicted molar refractivity (Wildman–Crippen MR) is 122 cm³/mol. The van der Waals surface area contributed by atoms with Gasteiger partial charge in [-0.1, -0.05) is 36.4 Å². The zero-order chi connectivity index (χ0) is 22.8. The minimum atomic E-state index is -0.529. The van der Waals surface area contributed by atoms with E-state index in [4.69, 9.17) is 4.42 Å². The molecule has 0 fully saturated rings. The number of benzene rings is 3. The fourth-order valence-corrected chi connectivity index (χ4v) is 4.10. The molecule has 3 aromatic carbocycles. The van der Waals surface area contributed by atoms with Crippen LogP contribution in [0.2, 0.25) is 0 Å². The van der Waals surface area contributed by atoms with E-state index < -0.39 is 10.8 Å². The molecule has 0 unspecified atom stereocenters. The van der Waals surface area contributed by atoms with Crippen LogP contribution in [0.1, 0.15) is 16.1 Å². The van der Waals surface area contributed by atoms with Crippen LogP contribution in [-0.4, -0.2) is 32.2 Å². The number of furan rings is 1. The molecule has 0 bridgehead atoms. The first-order valence-electron chi connectivity index (χ1n) is 9.65. The van der Waals surface area contributed by atoms with E-state index in [-0.39, 0.29) is 11.4 Å². The zero-order valence-electron chi connectivity index (χ0n) is 16.8. The lowest BCUT2D eigenvalue weighted by Crippen LogP contribution is -2.16. The van der Waals surface area contributed by atoms with E-state index >= 15 is 0 Å².